The van der Waals surface area contributed by atoms with Crippen molar-refractivity contribution in [1.29, 1.82) is 0 Å². The minimum Gasteiger partial charge on any atom is -0.313 e. The van der Waals surface area contributed by atoms with Crippen LogP contribution in [0.25, 0.3) is 0 Å². The molecule has 1 atom stereocenters. The third kappa shape index (κ3) is 3.08. The van der Waals surface area contributed by atoms with Crippen molar-refractivity contribution in [2.75, 3.05) is 7.05 Å². The maximum atomic E-state index is 13.7. The van der Waals surface area contributed by atoms with E-state index in [2.05, 4.69) is 10.3 Å². The second-order valence-electron chi connectivity index (χ2n) is 4.16. The maximum Gasteiger partial charge on any atom is 0.162 e. The minimum atomic E-state index is -0.840. The number of aromatic nitrogens is 1. The lowest BCUT2D eigenvalue weighted by atomic mass is 9.99. The van der Waals surface area contributed by atoms with E-state index in [0.29, 0.717) is 17.0 Å². The Kier molecular flexibility index (Phi) is 4.45. The number of likely N-dealkylation sites (N-methyl/N-ethyl adjacent to an activating group) is 1. The maximum absolute atomic E-state index is 13.7. The molecule has 0 bridgehead atoms. The van der Waals surface area contributed by atoms with Crippen molar-refractivity contribution in [3.05, 3.63) is 64.4 Å². The van der Waals surface area contributed by atoms with Gasteiger partial charge in [0.15, 0.2) is 11.6 Å². The van der Waals surface area contributed by atoms with Crippen LogP contribution in [0.15, 0.2) is 36.7 Å². The molecule has 2 aromatic rings. The number of halogens is 3. The Balaban J connectivity index is 2.30. The van der Waals surface area contributed by atoms with E-state index >= 15 is 0 Å². The highest BCUT2D eigenvalue weighted by molar-refractivity contribution is 6.31. The van der Waals surface area contributed by atoms with Gasteiger partial charge in [-0.15, -0.1) is 0 Å². The third-order valence-electron chi connectivity index (χ3n) is 2.98. The highest BCUT2D eigenvalue weighted by Gasteiger charge is 2.17. The van der Waals surface area contributed by atoms with Crippen molar-refractivity contribution < 1.29 is 8.78 Å². The van der Waals surface area contributed by atoms with Crippen LogP contribution < -0.4 is 5.32 Å². The van der Waals surface area contributed by atoms with E-state index in [1.165, 1.54) is 12.3 Å². The summed E-state index contributed by atoms with van der Waals surface area (Å²) in [5.74, 6) is -1.65. The molecule has 0 aliphatic carbocycles. The second-order valence-corrected chi connectivity index (χ2v) is 4.56. The van der Waals surface area contributed by atoms with Gasteiger partial charge in [0.1, 0.15) is 0 Å². The summed E-state index contributed by atoms with van der Waals surface area (Å²) in [5.41, 5.74) is 1.12. The quantitative estimate of drug-likeness (QED) is 0.928. The van der Waals surface area contributed by atoms with Gasteiger partial charge >= 0.3 is 0 Å². The van der Waals surface area contributed by atoms with E-state index in [-0.39, 0.29) is 6.04 Å². The molecular formula is C14H13ClF2N2. The van der Waals surface area contributed by atoms with Crippen LogP contribution in [-0.4, -0.2) is 12.0 Å². The van der Waals surface area contributed by atoms with Crippen molar-refractivity contribution in [2.24, 2.45) is 0 Å². The summed E-state index contributed by atoms with van der Waals surface area (Å²) >= 11 is 6.06. The van der Waals surface area contributed by atoms with Crippen LogP contribution in [0.2, 0.25) is 5.02 Å². The Morgan fingerprint density at radius 3 is 2.79 bits per heavy atom. The number of benzene rings is 1. The average molecular weight is 283 g/mol. The predicted molar refractivity (Wildman–Crippen MR) is 71.1 cm³/mol. The normalized spacial score (nSPS) is 12.4. The Morgan fingerprint density at radius 2 is 2.11 bits per heavy atom. The average Bonchev–Trinajstić information content (AvgIpc) is 2.41. The number of pyridine rings is 1. The Labute approximate surface area is 115 Å². The molecule has 0 radical (unpaired) electrons. The summed E-state index contributed by atoms with van der Waals surface area (Å²) in [6.07, 6.45) is 3.46. The Morgan fingerprint density at radius 1 is 1.32 bits per heavy atom. The summed E-state index contributed by atoms with van der Waals surface area (Å²) in [7, 11) is 1.75. The van der Waals surface area contributed by atoms with Crippen molar-refractivity contribution in [3.63, 3.8) is 0 Å². The number of nitrogens with one attached hydrogen (secondary N) is 1. The lowest BCUT2D eigenvalue weighted by Gasteiger charge is -2.18. The number of nitrogens with zero attached hydrogens (tertiary/aromatic N) is 1. The fraction of sp³-hybridized carbons (Fsp3) is 0.214. The van der Waals surface area contributed by atoms with E-state index < -0.39 is 11.6 Å². The monoisotopic (exact) mass is 282 g/mol. The molecule has 2 nitrogen and oxygen atoms in total. The molecule has 0 amide bonds. The van der Waals surface area contributed by atoms with Crippen LogP contribution in [-0.2, 0) is 6.42 Å². The molecule has 0 aliphatic heterocycles. The zero-order valence-corrected chi connectivity index (χ0v) is 11.1. The zero-order valence-electron chi connectivity index (χ0n) is 10.3. The zero-order chi connectivity index (χ0) is 13.8. The molecule has 0 saturated carbocycles. The Hall–Kier alpha value is -1.52. The smallest absolute Gasteiger partial charge is 0.162 e. The van der Waals surface area contributed by atoms with Gasteiger partial charge in [-0.05, 0) is 36.7 Å². The third-order valence-corrected chi connectivity index (χ3v) is 3.30. The molecule has 0 fully saturated rings. The molecule has 1 aromatic heterocycles. The molecule has 0 aliphatic rings. The first-order valence-electron chi connectivity index (χ1n) is 5.83. The van der Waals surface area contributed by atoms with Crippen molar-refractivity contribution in [2.45, 2.75) is 12.5 Å². The van der Waals surface area contributed by atoms with Gasteiger partial charge < -0.3 is 5.32 Å². The van der Waals surface area contributed by atoms with E-state index in [1.807, 2.05) is 0 Å². The minimum absolute atomic E-state index is 0.202. The summed E-state index contributed by atoms with van der Waals surface area (Å²) in [4.78, 5) is 3.91. The van der Waals surface area contributed by atoms with E-state index in [9.17, 15) is 8.78 Å². The predicted octanol–water partition coefficient (Wildman–Crippen LogP) is 3.52. The van der Waals surface area contributed by atoms with Crippen LogP contribution in [0.5, 0.6) is 0 Å². The van der Waals surface area contributed by atoms with Crippen LogP contribution in [0, 0.1) is 11.6 Å². The summed E-state index contributed by atoms with van der Waals surface area (Å²) in [6, 6.07) is 5.73. The first-order chi connectivity index (χ1) is 9.13. The van der Waals surface area contributed by atoms with Crippen molar-refractivity contribution in [3.8, 4) is 0 Å². The first-order valence-corrected chi connectivity index (χ1v) is 6.21. The SMILES string of the molecule is CNC(Cc1cccc(F)c1F)c1ccncc1Cl. The van der Waals surface area contributed by atoms with Gasteiger partial charge in [-0.25, -0.2) is 8.78 Å². The number of hydrogen-bond donors (Lipinski definition) is 1. The second kappa shape index (κ2) is 6.08. The molecule has 1 unspecified atom stereocenters. The molecule has 19 heavy (non-hydrogen) atoms. The van der Waals surface area contributed by atoms with Gasteiger partial charge in [0.05, 0.1) is 5.02 Å². The van der Waals surface area contributed by atoms with Crippen LogP contribution in [0.3, 0.4) is 0 Å². The molecule has 0 saturated heterocycles. The molecule has 1 aromatic carbocycles. The molecule has 1 heterocycles. The van der Waals surface area contributed by atoms with Gasteiger partial charge in [0, 0.05) is 18.4 Å². The van der Waals surface area contributed by atoms with Gasteiger partial charge in [0.2, 0.25) is 0 Å². The number of rotatable bonds is 4. The highest BCUT2D eigenvalue weighted by atomic mass is 35.5. The lowest BCUT2D eigenvalue weighted by Crippen LogP contribution is -2.20. The van der Waals surface area contributed by atoms with Gasteiger partial charge in [0.25, 0.3) is 0 Å². The number of hydrogen-bond acceptors (Lipinski definition) is 2. The van der Waals surface area contributed by atoms with E-state index in [0.717, 1.165) is 11.6 Å². The highest BCUT2D eigenvalue weighted by Crippen LogP contribution is 2.25. The topological polar surface area (TPSA) is 24.9 Å². The molecule has 100 valence electrons. The molecule has 5 heteroatoms. The fourth-order valence-electron chi connectivity index (χ4n) is 1.96. The van der Waals surface area contributed by atoms with Crippen molar-refractivity contribution >= 4 is 11.6 Å². The molecule has 2 rings (SSSR count). The van der Waals surface area contributed by atoms with E-state index in [1.54, 1.807) is 25.4 Å². The van der Waals surface area contributed by atoms with Crippen LogP contribution in [0.1, 0.15) is 17.2 Å². The largest absolute Gasteiger partial charge is 0.313 e. The van der Waals surface area contributed by atoms with Crippen LogP contribution in [0.4, 0.5) is 8.78 Å². The van der Waals surface area contributed by atoms with Gasteiger partial charge in [-0.1, -0.05) is 23.7 Å². The lowest BCUT2D eigenvalue weighted by molar-refractivity contribution is 0.487. The summed E-state index contributed by atoms with van der Waals surface area (Å²) in [5, 5.41) is 3.55. The fourth-order valence-corrected chi connectivity index (χ4v) is 2.21. The Bertz CT molecular complexity index is 575. The van der Waals surface area contributed by atoms with Gasteiger partial charge in [-0.3, -0.25) is 4.98 Å². The first kappa shape index (κ1) is 13.9. The molecular weight excluding hydrogens is 270 g/mol. The van der Waals surface area contributed by atoms with Gasteiger partial charge in [-0.2, -0.15) is 0 Å². The summed E-state index contributed by atoms with van der Waals surface area (Å²) in [6.45, 7) is 0. The standard InChI is InChI=1S/C14H13ClF2N2/c1-18-13(10-5-6-19-8-11(10)15)7-9-3-2-4-12(16)14(9)17/h2-6,8,13,18H,7H2,1H3. The summed E-state index contributed by atoms with van der Waals surface area (Å²) < 4.78 is 26.9. The molecule has 1 N–H and O–H groups in total. The molecule has 0 spiro atoms. The van der Waals surface area contributed by atoms with Crippen molar-refractivity contribution in [1.82, 2.24) is 10.3 Å². The van der Waals surface area contributed by atoms with E-state index in [4.69, 9.17) is 11.6 Å². The van der Waals surface area contributed by atoms with Crippen LogP contribution >= 0.6 is 11.6 Å².